The molecule has 0 aliphatic carbocycles. The Balaban J connectivity index is 2.69. The third kappa shape index (κ3) is 2.77. The average Bonchev–Trinajstić information content (AvgIpc) is 2.16. The van der Waals surface area contributed by atoms with Crippen molar-refractivity contribution in [3.8, 4) is 0 Å². The summed E-state index contributed by atoms with van der Waals surface area (Å²) in [5.41, 5.74) is 1.17. The molecule has 1 N–H and O–H groups in total. The first-order valence-electron chi connectivity index (χ1n) is 4.58. The van der Waals surface area contributed by atoms with Gasteiger partial charge in [-0.1, -0.05) is 13.8 Å². The molecule has 0 aliphatic heterocycles. The summed E-state index contributed by atoms with van der Waals surface area (Å²) in [4.78, 5) is 8.39. The van der Waals surface area contributed by atoms with Gasteiger partial charge in [0.25, 0.3) is 0 Å². The first kappa shape index (κ1) is 10.1. The normalized spacial score (nSPS) is 11.6. The SMILES string of the molecule is CNCCC(C)(C)c1cnccn1. The van der Waals surface area contributed by atoms with Crippen molar-refractivity contribution >= 4 is 0 Å². The Morgan fingerprint density at radius 1 is 1.38 bits per heavy atom. The second kappa shape index (κ2) is 4.33. The number of rotatable bonds is 4. The fourth-order valence-electron chi connectivity index (χ4n) is 1.21. The zero-order valence-corrected chi connectivity index (χ0v) is 8.54. The molecule has 0 bridgehead atoms. The average molecular weight is 179 g/mol. The Kier molecular flexibility index (Phi) is 3.37. The quantitative estimate of drug-likeness (QED) is 0.758. The van der Waals surface area contributed by atoms with Gasteiger partial charge in [0.1, 0.15) is 0 Å². The number of aromatic nitrogens is 2. The van der Waals surface area contributed by atoms with Crippen molar-refractivity contribution in [1.29, 1.82) is 0 Å². The van der Waals surface area contributed by atoms with Crippen LogP contribution in [0.15, 0.2) is 18.6 Å². The summed E-state index contributed by atoms with van der Waals surface area (Å²) in [5.74, 6) is 0. The van der Waals surface area contributed by atoms with Crippen LogP contribution in [-0.4, -0.2) is 23.6 Å². The Labute approximate surface area is 79.6 Å². The summed E-state index contributed by atoms with van der Waals surface area (Å²) in [6.07, 6.45) is 6.37. The van der Waals surface area contributed by atoms with Gasteiger partial charge in [-0.25, -0.2) is 0 Å². The van der Waals surface area contributed by atoms with E-state index >= 15 is 0 Å². The van der Waals surface area contributed by atoms with Crippen LogP contribution in [-0.2, 0) is 5.41 Å². The van der Waals surface area contributed by atoms with Crippen LogP contribution in [0.4, 0.5) is 0 Å². The second-order valence-electron chi connectivity index (χ2n) is 3.83. The van der Waals surface area contributed by atoms with E-state index in [9.17, 15) is 0 Å². The molecule has 0 aromatic carbocycles. The molecule has 0 unspecified atom stereocenters. The predicted molar refractivity (Wildman–Crippen MR) is 53.6 cm³/mol. The summed E-state index contributed by atoms with van der Waals surface area (Å²) >= 11 is 0. The molecule has 1 rings (SSSR count). The Hall–Kier alpha value is -0.960. The highest BCUT2D eigenvalue weighted by Gasteiger charge is 2.21. The number of nitrogens with zero attached hydrogens (tertiary/aromatic N) is 2. The lowest BCUT2D eigenvalue weighted by atomic mass is 9.86. The highest BCUT2D eigenvalue weighted by atomic mass is 14.8. The second-order valence-corrected chi connectivity index (χ2v) is 3.83. The van der Waals surface area contributed by atoms with Crippen molar-refractivity contribution in [3.05, 3.63) is 24.3 Å². The van der Waals surface area contributed by atoms with Crippen molar-refractivity contribution in [2.24, 2.45) is 0 Å². The highest BCUT2D eigenvalue weighted by molar-refractivity contribution is 5.09. The molecule has 1 heterocycles. The molecule has 3 heteroatoms. The van der Waals surface area contributed by atoms with E-state index in [1.165, 1.54) is 0 Å². The van der Waals surface area contributed by atoms with Gasteiger partial charge in [0.05, 0.1) is 5.69 Å². The minimum atomic E-state index is 0.108. The van der Waals surface area contributed by atoms with Crippen LogP contribution in [0, 0.1) is 0 Å². The van der Waals surface area contributed by atoms with Crippen molar-refractivity contribution in [2.75, 3.05) is 13.6 Å². The number of hydrogen-bond acceptors (Lipinski definition) is 3. The molecule has 0 saturated carbocycles. The monoisotopic (exact) mass is 179 g/mol. The van der Waals surface area contributed by atoms with Crippen LogP contribution >= 0.6 is 0 Å². The van der Waals surface area contributed by atoms with E-state index in [0.29, 0.717) is 0 Å². The van der Waals surface area contributed by atoms with Gasteiger partial charge in [-0.2, -0.15) is 0 Å². The van der Waals surface area contributed by atoms with Gasteiger partial charge in [0.15, 0.2) is 0 Å². The maximum Gasteiger partial charge on any atom is 0.0643 e. The Morgan fingerprint density at radius 2 is 2.15 bits per heavy atom. The first-order chi connectivity index (χ1) is 6.17. The number of hydrogen-bond donors (Lipinski definition) is 1. The molecule has 0 aliphatic rings. The van der Waals surface area contributed by atoms with Crippen LogP contribution in [0.3, 0.4) is 0 Å². The largest absolute Gasteiger partial charge is 0.320 e. The van der Waals surface area contributed by atoms with E-state index in [-0.39, 0.29) is 5.41 Å². The zero-order valence-electron chi connectivity index (χ0n) is 8.54. The molecule has 0 atom stereocenters. The van der Waals surface area contributed by atoms with Crippen LogP contribution in [0.2, 0.25) is 0 Å². The topological polar surface area (TPSA) is 37.8 Å². The maximum absolute atomic E-state index is 4.31. The Morgan fingerprint density at radius 3 is 2.69 bits per heavy atom. The number of nitrogens with one attached hydrogen (secondary N) is 1. The van der Waals surface area contributed by atoms with Gasteiger partial charge in [0.2, 0.25) is 0 Å². The standard InChI is InChI=1S/C10H17N3/c1-10(2,4-5-11-3)9-8-12-6-7-13-9/h6-8,11H,4-5H2,1-3H3. The minimum absolute atomic E-state index is 0.108. The molecule has 3 nitrogen and oxygen atoms in total. The van der Waals surface area contributed by atoms with Gasteiger partial charge in [-0.05, 0) is 20.0 Å². The molecule has 0 radical (unpaired) electrons. The lowest BCUT2D eigenvalue weighted by Gasteiger charge is -2.23. The molecule has 1 aromatic rings. The molecular formula is C10H17N3. The fourth-order valence-corrected chi connectivity index (χ4v) is 1.21. The summed E-state index contributed by atoms with van der Waals surface area (Å²) in [6.45, 7) is 5.38. The van der Waals surface area contributed by atoms with E-state index in [1.54, 1.807) is 12.4 Å². The van der Waals surface area contributed by atoms with Gasteiger partial charge in [-0.15, -0.1) is 0 Å². The van der Waals surface area contributed by atoms with Gasteiger partial charge < -0.3 is 5.32 Å². The predicted octanol–water partition coefficient (Wildman–Crippen LogP) is 1.36. The first-order valence-corrected chi connectivity index (χ1v) is 4.58. The molecule has 0 spiro atoms. The van der Waals surface area contributed by atoms with Crippen LogP contribution in [0.5, 0.6) is 0 Å². The molecule has 13 heavy (non-hydrogen) atoms. The van der Waals surface area contributed by atoms with Crippen molar-refractivity contribution in [3.63, 3.8) is 0 Å². The van der Waals surface area contributed by atoms with E-state index in [2.05, 4.69) is 29.1 Å². The molecule has 72 valence electrons. The van der Waals surface area contributed by atoms with E-state index in [1.807, 2.05) is 13.2 Å². The van der Waals surface area contributed by atoms with E-state index < -0.39 is 0 Å². The summed E-state index contributed by atoms with van der Waals surface area (Å²) in [6, 6.07) is 0. The maximum atomic E-state index is 4.31. The van der Waals surface area contributed by atoms with Crippen molar-refractivity contribution < 1.29 is 0 Å². The van der Waals surface area contributed by atoms with Gasteiger partial charge in [0, 0.05) is 24.0 Å². The fraction of sp³-hybridized carbons (Fsp3) is 0.600. The molecule has 0 amide bonds. The third-order valence-electron chi connectivity index (χ3n) is 2.26. The van der Waals surface area contributed by atoms with Crippen molar-refractivity contribution in [1.82, 2.24) is 15.3 Å². The zero-order chi connectivity index (χ0) is 9.73. The van der Waals surface area contributed by atoms with E-state index in [4.69, 9.17) is 0 Å². The van der Waals surface area contributed by atoms with Gasteiger partial charge >= 0.3 is 0 Å². The van der Waals surface area contributed by atoms with Crippen molar-refractivity contribution in [2.45, 2.75) is 25.7 Å². The minimum Gasteiger partial charge on any atom is -0.320 e. The van der Waals surface area contributed by atoms with Gasteiger partial charge in [-0.3, -0.25) is 9.97 Å². The van der Waals surface area contributed by atoms with Crippen LogP contribution in [0.25, 0.3) is 0 Å². The third-order valence-corrected chi connectivity index (χ3v) is 2.26. The smallest absolute Gasteiger partial charge is 0.0643 e. The van der Waals surface area contributed by atoms with Crippen LogP contribution in [0.1, 0.15) is 26.0 Å². The molecule has 0 saturated heterocycles. The van der Waals surface area contributed by atoms with E-state index in [0.717, 1.165) is 18.7 Å². The van der Waals surface area contributed by atoms with Crippen LogP contribution < -0.4 is 5.32 Å². The highest BCUT2D eigenvalue weighted by Crippen LogP contribution is 2.23. The lowest BCUT2D eigenvalue weighted by molar-refractivity contribution is 0.454. The lowest BCUT2D eigenvalue weighted by Crippen LogP contribution is -2.24. The summed E-state index contributed by atoms with van der Waals surface area (Å²) in [5, 5.41) is 3.15. The Bertz CT molecular complexity index is 244. The molecule has 0 fully saturated rings. The summed E-state index contributed by atoms with van der Waals surface area (Å²) < 4.78 is 0. The summed E-state index contributed by atoms with van der Waals surface area (Å²) in [7, 11) is 1.97. The molecule has 1 aromatic heterocycles. The molecular weight excluding hydrogens is 162 g/mol.